The van der Waals surface area contributed by atoms with Crippen molar-refractivity contribution in [2.75, 3.05) is 0 Å². The van der Waals surface area contributed by atoms with Crippen molar-refractivity contribution in [2.45, 2.75) is 32.5 Å². The second kappa shape index (κ2) is 6.90. The smallest absolute Gasteiger partial charge is 0.119 e. The van der Waals surface area contributed by atoms with Crippen molar-refractivity contribution < 1.29 is 9.84 Å². The number of rotatable bonds is 6. The summed E-state index contributed by atoms with van der Waals surface area (Å²) in [6.07, 6.45) is 4.89. The van der Waals surface area contributed by atoms with Crippen LogP contribution in [-0.2, 0) is 6.61 Å². The molecule has 1 unspecified atom stereocenters. The molecule has 3 heteroatoms. The maximum Gasteiger partial charge on any atom is 0.119 e. The molecule has 2 rings (SSSR count). The number of aliphatic hydroxyl groups excluding tert-OH is 1. The standard InChI is InChI=1S/C16H19NO2/c1-2-3-16(18)14-4-6-15(7-5-14)19-12-13-8-10-17-11-9-13/h4-11,16,18H,2-3,12H2,1H3. The largest absolute Gasteiger partial charge is 0.489 e. The Morgan fingerprint density at radius 3 is 2.42 bits per heavy atom. The molecule has 0 fully saturated rings. The van der Waals surface area contributed by atoms with Crippen LogP contribution < -0.4 is 4.74 Å². The molecule has 0 saturated heterocycles. The molecule has 0 saturated carbocycles. The Morgan fingerprint density at radius 2 is 1.79 bits per heavy atom. The first-order valence-corrected chi connectivity index (χ1v) is 6.59. The number of benzene rings is 1. The molecule has 0 aliphatic carbocycles. The Labute approximate surface area is 113 Å². The number of ether oxygens (including phenoxy) is 1. The van der Waals surface area contributed by atoms with E-state index in [0.717, 1.165) is 29.7 Å². The first-order valence-electron chi connectivity index (χ1n) is 6.59. The molecule has 3 nitrogen and oxygen atoms in total. The molecule has 1 aromatic heterocycles. The third-order valence-electron chi connectivity index (χ3n) is 2.98. The summed E-state index contributed by atoms with van der Waals surface area (Å²) in [4.78, 5) is 3.97. The maximum atomic E-state index is 9.87. The highest BCUT2D eigenvalue weighted by atomic mass is 16.5. The van der Waals surface area contributed by atoms with Crippen LogP contribution in [-0.4, -0.2) is 10.1 Å². The van der Waals surface area contributed by atoms with Crippen molar-refractivity contribution in [3.8, 4) is 5.75 Å². The minimum Gasteiger partial charge on any atom is -0.489 e. The third kappa shape index (κ3) is 4.07. The Hall–Kier alpha value is -1.87. The van der Waals surface area contributed by atoms with Crippen LogP contribution in [0.3, 0.4) is 0 Å². The molecule has 0 aliphatic rings. The van der Waals surface area contributed by atoms with E-state index in [1.54, 1.807) is 12.4 Å². The van der Waals surface area contributed by atoms with Crippen molar-refractivity contribution >= 4 is 0 Å². The lowest BCUT2D eigenvalue weighted by Gasteiger charge is -2.11. The van der Waals surface area contributed by atoms with Gasteiger partial charge in [-0.1, -0.05) is 25.5 Å². The second-order valence-corrected chi connectivity index (χ2v) is 4.52. The van der Waals surface area contributed by atoms with Gasteiger partial charge in [0, 0.05) is 12.4 Å². The molecule has 1 N–H and O–H groups in total. The van der Waals surface area contributed by atoms with Gasteiger partial charge in [0.15, 0.2) is 0 Å². The van der Waals surface area contributed by atoms with Gasteiger partial charge in [-0.2, -0.15) is 0 Å². The van der Waals surface area contributed by atoms with Crippen LogP contribution >= 0.6 is 0 Å². The molecule has 0 radical (unpaired) electrons. The summed E-state index contributed by atoms with van der Waals surface area (Å²) >= 11 is 0. The minimum absolute atomic E-state index is 0.376. The lowest BCUT2D eigenvalue weighted by atomic mass is 10.1. The Kier molecular flexibility index (Phi) is 4.93. The lowest BCUT2D eigenvalue weighted by Crippen LogP contribution is -1.98. The first kappa shape index (κ1) is 13.6. The molecule has 0 amide bonds. The molecule has 2 aromatic rings. The molecule has 19 heavy (non-hydrogen) atoms. The van der Waals surface area contributed by atoms with E-state index < -0.39 is 0 Å². The van der Waals surface area contributed by atoms with Gasteiger partial charge in [0.2, 0.25) is 0 Å². The number of aliphatic hydroxyl groups is 1. The highest BCUT2D eigenvalue weighted by Gasteiger charge is 2.05. The predicted octanol–water partition coefficient (Wildman–Crippen LogP) is 3.49. The van der Waals surface area contributed by atoms with Gasteiger partial charge in [0.1, 0.15) is 12.4 Å². The fourth-order valence-electron chi connectivity index (χ4n) is 1.87. The van der Waals surface area contributed by atoms with Crippen molar-refractivity contribution in [3.05, 3.63) is 59.9 Å². The van der Waals surface area contributed by atoms with E-state index in [4.69, 9.17) is 4.74 Å². The molecule has 1 atom stereocenters. The van der Waals surface area contributed by atoms with Crippen molar-refractivity contribution in [1.82, 2.24) is 4.98 Å². The zero-order valence-corrected chi connectivity index (χ0v) is 11.1. The van der Waals surface area contributed by atoms with E-state index in [9.17, 15) is 5.11 Å². The van der Waals surface area contributed by atoms with E-state index in [2.05, 4.69) is 11.9 Å². The summed E-state index contributed by atoms with van der Waals surface area (Å²) in [5.74, 6) is 0.810. The molecule has 0 aliphatic heterocycles. The van der Waals surface area contributed by atoms with Crippen molar-refractivity contribution in [3.63, 3.8) is 0 Å². The number of pyridine rings is 1. The van der Waals surface area contributed by atoms with Crippen LogP contribution in [0.5, 0.6) is 5.75 Å². The van der Waals surface area contributed by atoms with Crippen molar-refractivity contribution in [2.24, 2.45) is 0 Å². The van der Waals surface area contributed by atoms with E-state index in [1.165, 1.54) is 0 Å². The zero-order chi connectivity index (χ0) is 13.5. The van der Waals surface area contributed by atoms with Gasteiger partial charge in [-0.15, -0.1) is 0 Å². The molecular weight excluding hydrogens is 238 g/mol. The van der Waals surface area contributed by atoms with Gasteiger partial charge in [-0.3, -0.25) is 4.98 Å². The number of hydrogen-bond acceptors (Lipinski definition) is 3. The van der Waals surface area contributed by atoms with Crippen LogP contribution in [0.25, 0.3) is 0 Å². The summed E-state index contributed by atoms with van der Waals surface area (Å²) < 4.78 is 5.68. The number of hydrogen-bond donors (Lipinski definition) is 1. The predicted molar refractivity (Wildman–Crippen MR) is 74.9 cm³/mol. The average molecular weight is 257 g/mol. The minimum atomic E-state index is -0.376. The topological polar surface area (TPSA) is 42.4 Å². The Bertz CT molecular complexity index is 482. The fraction of sp³-hybridized carbons (Fsp3) is 0.312. The monoisotopic (exact) mass is 257 g/mol. The van der Waals surface area contributed by atoms with E-state index >= 15 is 0 Å². The fourth-order valence-corrected chi connectivity index (χ4v) is 1.87. The van der Waals surface area contributed by atoms with Gasteiger partial charge in [0.05, 0.1) is 6.10 Å². The third-order valence-corrected chi connectivity index (χ3v) is 2.98. The van der Waals surface area contributed by atoms with Gasteiger partial charge in [-0.05, 0) is 41.8 Å². The van der Waals surface area contributed by atoms with Crippen LogP contribution in [0.4, 0.5) is 0 Å². The van der Waals surface area contributed by atoms with Gasteiger partial charge in [0.25, 0.3) is 0 Å². The normalized spacial score (nSPS) is 12.1. The molecular formula is C16H19NO2. The second-order valence-electron chi connectivity index (χ2n) is 4.52. The summed E-state index contributed by atoms with van der Waals surface area (Å²) in [5.41, 5.74) is 2.03. The van der Waals surface area contributed by atoms with Gasteiger partial charge < -0.3 is 9.84 Å². The highest BCUT2D eigenvalue weighted by Crippen LogP contribution is 2.21. The molecule has 0 spiro atoms. The summed E-state index contributed by atoms with van der Waals surface area (Å²) in [7, 11) is 0. The van der Waals surface area contributed by atoms with E-state index in [-0.39, 0.29) is 6.10 Å². The van der Waals surface area contributed by atoms with Crippen LogP contribution in [0.2, 0.25) is 0 Å². The SMILES string of the molecule is CCCC(O)c1ccc(OCc2ccncc2)cc1. The summed E-state index contributed by atoms with van der Waals surface area (Å²) in [5, 5.41) is 9.87. The van der Waals surface area contributed by atoms with E-state index in [0.29, 0.717) is 6.61 Å². The molecule has 1 aromatic carbocycles. The number of nitrogens with zero attached hydrogens (tertiary/aromatic N) is 1. The maximum absolute atomic E-state index is 9.87. The Morgan fingerprint density at radius 1 is 1.11 bits per heavy atom. The molecule has 1 heterocycles. The summed E-state index contributed by atoms with van der Waals surface area (Å²) in [6, 6.07) is 11.5. The lowest BCUT2D eigenvalue weighted by molar-refractivity contribution is 0.166. The van der Waals surface area contributed by atoms with Crippen molar-refractivity contribution in [1.29, 1.82) is 0 Å². The average Bonchev–Trinajstić information content (AvgIpc) is 2.47. The molecule has 0 bridgehead atoms. The molecule has 100 valence electrons. The zero-order valence-electron chi connectivity index (χ0n) is 11.1. The summed E-state index contributed by atoms with van der Waals surface area (Å²) in [6.45, 7) is 2.59. The Balaban J connectivity index is 1.92. The van der Waals surface area contributed by atoms with Crippen LogP contribution in [0.15, 0.2) is 48.8 Å². The van der Waals surface area contributed by atoms with Gasteiger partial charge in [-0.25, -0.2) is 0 Å². The number of aromatic nitrogens is 1. The quantitative estimate of drug-likeness (QED) is 0.861. The van der Waals surface area contributed by atoms with Crippen LogP contribution in [0, 0.1) is 0 Å². The highest BCUT2D eigenvalue weighted by molar-refractivity contribution is 5.28. The van der Waals surface area contributed by atoms with Crippen LogP contribution in [0.1, 0.15) is 37.0 Å². The first-order chi connectivity index (χ1) is 9.29. The van der Waals surface area contributed by atoms with Gasteiger partial charge >= 0.3 is 0 Å². The van der Waals surface area contributed by atoms with E-state index in [1.807, 2.05) is 36.4 Å².